The van der Waals surface area contributed by atoms with Gasteiger partial charge >= 0.3 is 0 Å². The first-order valence-corrected chi connectivity index (χ1v) is 7.12. The zero-order valence-corrected chi connectivity index (χ0v) is 11.8. The zero-order valence-electron chi connectivity index (χ0n) is 10.2. The van der Waals surface area contributed by atoms with E-state index in [9.17, 15) is 9.59 Å². The van der Waals surface area contributed by atoms with Crippen LogP contribution in [0.5, 0.6) is 0 Å². The molecule has 0 heterocycles. The maximum Gasteiger partial charge on any atom is 0.253 e. The first-order chi connectivity index (χ1) is 8.47. The van der Waals surface area contributed by atoms with Crippen LogP contribution in [0.15, 0.2) is 18.2 Å². The van der Waals surface area contributed by atoms with E-state index < -0.39 is 5.91 Å². The molecule has 0 bridgehead atoms. The van der Waals surface area contributed by atoms with Crippen molar-refractivity contribution in [3.05, 3.63) is 34.3 Å². The van der Waals surface area contributed by atoms with E-state index in [1.54, 1.807) is 23.9 Å². The molecule has 18 heavy (non-hydrogen) atoms. The van der Waals surface area contributed by atoms with Gasteiger partial charge in [0.25, 0.3) is 5.91 Å². The fraction of sp³-hybridized carbons (Fsp3) is 0.333. The molecule has 0 radical (unpaired) electrons. The summed E-state index contributed by atoms with van der Waals surface area (Å²) in [5.41, 5.74) is 5.50. The fourth-order valence-electron chi connectivity index (χ4n) is 1.55. The standard InChI is InChI=1S/C12H15ClN2O2S/c1-7(6-18-2)15-12(17)10-8(11(14)16)4-3-5-9(10)13/h3-5,7H,6H2,1-2H3,(H2,14,16)(H,15,17)/t7-/m0/s1. The molecule has 2 amide bonds. The van der Waals surface area contributed by atoms with Gasteiger partial charge in [0.15, 0.2) is 0 Å². The Morgan fingerprint density at radius 2 is 2.17 bits per heavy atom. The molecule has 1 aromatic rings. The molecule has 4 nitrogen and oxygen atoms in total. The molecular weight excluding hydrogens is 272 g/mol. The second-order valence-electron chi connectivity index (χ2n) is 3.86. The van der Waals surface area contributed by atoms with Gasteiger partial charge in [-0.05, 0) is 25.3 Å². The lowest BCUT2D eigenvalue weighted by Gasteiger charge is -2.14. The van der Waals surface area contributed by atoms with Crippen LogP contribution in [-0.4, -0.2) is 29.9 Å². The van der Waals surface area contributed by atoms with Gasteiger partial charge in [-0.25, -0.2) is 0 Å². The molecule has 0 aliphatic carbocycles. The van der Waals surface area contributed by atoms with Crippen molar-refractivity contribution < 1.29 is 9.59 Å². The first kappa shape index (κ1) is 14.9. The van der Waals surface area contributed by atoms with Gasteiger partial charge in [-0.15, -0.1) is 0 Å². The smallest absolute Gasteiger partial charge is 0.253 e. The highest BCUT2D eigenvalue weighted by molar-refractivity contribution is 7.98. The number of amides is 2. The average Bonchev–Trinajstić information content (AvgIpc) is 2.28. The van der Waals surface area contributed by atoms with Crippen molar-refractivity contribution in [1.29, 1.82) is 0 Å². The van der Waals surface area contributed by atoms with E-state index in [4.69, 9.17) is 17.3 Å². The van der Waals surface area contributed by atoms with Crippen LogP contribution >= 0.6 is 23.4 Å². The summed E-state index contributed by atoms with van der Waals surface area (Å²) < 4.78 is 0. The minimum Gasteiger partial charge on any atom is -0.366 e. The van der Waals surface area contributed by atoms with E-state index in [2.05, 4.69) is 5.32 Å². The third kappa shape index (κ3) is 3.65. The van der Waals surface area contributed by atoms with Crippen LogP contribution in [-0.2, 0) is 0 Å². The van der Waals surface area contributed by atoms with Gasteiger partial charge < -0.3 is 11.1 Å². The van der Waals surface area contributed by atoms with E-state index >= 15 is 0 Å². The summed E-state index contributed by atoms with van der Waals surface area (Å²) in [4.78, 5) is 23.3. The lowest BCUT2D eigenvalue weighted by molar-refractivity contribution is 0.0928. The number of benzene rings is 1. The number of carbonyl (C=O) groups excluding carboxylic acids is 2. The Kier molecular flexibility index (Phi) is 5.50. The second-order valence-corrected chi connectivity index (χ2v) is 5.17. The van der Waals surface area contributed by atoms with Gasteiger partial charge in [-0.3, -0.25) is 9.59 Å². The number of thioether (sulfide) groups is 1. The van der Waals surface area contributed by atoms with Crippen LogP contribution in [0.4, 0.5) is 0 Å². The molecule has 0 saturated carbocycles. The molecular formula is C12H15ClN2O2S. The largest absolute Gasteiger partial charge is 0.366 e. The average molecular weight is 287 g/mol. The highest BCUT2D eigenvalue weighted by atomic mass is 35.5. The Balaban J connectivity index is 3.01. The van der Waals surface area contributed by atoms with Crippen LogP contribution in [0.3, 0.4) is 0 Å². The molecule has 0 spiro atoms. The SMILES string of the molecule is CSC[C@H](C)NC(=O)c1c(Cl)cccc1C(N)=O. The number of primary amides is 1. The summed E-state index contributed by atoms with van der Waals surface area (Å²) in [5.74, 6) is -0.265. The molecule has 98 valence electrons. The predicted molar refractivity (Wildman–Crippen MR) is 75.3 cm³/mol. The third-order valence-electron chi connectivity index (χ3n) is 2.30. The van der Waals surface area contributed by atoms with Crippen LogP contribution in [0.2, 0.25) is 5.02 Å². The highest BCUT2D eigenvalue weighted by Gasteiger charge is 2.19. The summed E-state index contributed by atoms with van der Waals surface area (Å²) in [6, 6.07) is 4.62. The van der Waals surface area contributed by atoms with Crippen LogP contribution in [0.25, 0.3) is 0 Å². The monoisotopic (exact) mass is 286 g/mol. The molecule has 0 aliphatic heterocycles. The van der Waals surface area contributed by atoms with Crippen molar-refractivity contribution in [2.75, 3.05) is 12.0 Å². The van der Waals surface area contributed by atoms with Crippen molar-refractivity contribution in [3.8, 4) is 0 Å². The van der Waals surface area contributed by atoms with E-state index in [-0.39, 0.29) is 28.1 Å². The minimum absolute atomic E-state index is 0.00972. The van der Waals surface area contributed by atoms with Gasteiger partial charge in [-0.1, -0.05) is 17.7 Å². The molecule has 0 unspecified atom stereocenters. The number of nitrogens with two attached hydrogens (primary N) is 1. The Bertz CT molecular complexity index is 465. The molecule has 1 aromatic carbocycles. The van der Waals surface area contributed by atoms with Crippen molar-refractivity contribution in [1.82, 2.24) is 5.32 Å². The molecule has 6 heteroatoms. The second kappa shape index (κ2) is 6.66. The van der Waals surface area contributed by atoms with E-state index in [0.717, 1.165) is 5.75 Å². The third-order valence-corrected chi connectivity index (χ3v) is 3.45. The summed E-state index contributed by atoms with van der Waals surface area (Å²) in [6.07, 6.45) is 1.95. The lowest BCUT2D eigenvalue weighted by atomic mass is 10.1. The van der Waals surface area contributed by atoms with Crippen molar-refractivity contribution >= 4 is 35.2 Å². The first-order valence-electron chi connectivity index (χ1n) is 5.35. The fourth-order valence-corrected chi connectivity index (χ4v) is 2.39. The number of carbonyl (C=O) groups is 2. The van der Waals surface area contributed by atoms with Crippen LogP contribution < -0.4 is 11.1 Å². The van der Waals surface area contributed by atoms with Gasteiger partial charge in [0.2, 0.25) is 5.91 Å². The summed E-state index contributed by atoms with van der Waals surface area (Å²) in [6.45, 7) is 1.88. The lowest BCUT2D eigenvalue weighted by Crippen LogP contribution is -2.35. The molecule has 0 saturated heterocycles. The molecule has 3 N–H and O–H groups in total. The Labute approximate surface area is 115 Å². The topological polar surface area (TPSA) is 72.2 Å². The molecule has 0 fully saturated rings. The quantitative estimate of drug-likeness (QED) is 0.869. The van der Waals surface area contributed by atoms with Crippen molar-refractivity contribution in [3.63, 3.8) is 0 Å². The van der Waals surface area contributed by atoms with Crippen molar-refractivity contribution in [2.24, 2.45) is 5.73 Å². The summed E-state index contributed by atoms with van der Waals surface area (Å²) in [7, 11) is 0. The predicted octanol–water partition coefficient (Wildman–Crippen LogP) is 1.92. The number of halogens is 1. The van der Waals surface area contributed by atoms with Gasteiger partial charge in [0.05, 0.1) is 16.1 Å². The van der Waals surface area contributed by atoms with E-state index in [1.807, 2.05) is 13.2 Å². The van der Waals surface area contributed by atoms with E-state index in [1.165, 1.54) is 6.07 Å². The Morgan fingerprint density at radius 1 is 1.50 bits per heavy atom. The maximum atomic E-state index is 12.1. The summed E-state index contributed by atoms with van der Waals surface area (Å²) in [5, 5.41) is 3.00. The molecule has 1 atom stereocenters. The van der Waals surface area contributed by atoms with Crippen LogP contribution in [0.1, 0.15) is 27.6 Å². The molecule has 0 aliphatic rings. The van der Waals surface area contributed by atoms with Gasteiger partial charge in [-0.2, -0.15) is 11.8 Å². The number of hydrogen-bond donors (Lipinski definition) is 2. The Morgan fingerprint density at radius 3 is 2.72 bits per heavy atom. The molecule has 1 rings (SSSR count). The van der Waals surface area contributed by atoms with E-state index in [0.29, 0.717) is 0 Å². The highest BCUT2D eigenvalue weighted by Crippen LogP contribution is 2.20. The number of nitrogens with one attached hydrogen (secondary N) is 1. The normalized spacial score (nSPS) is 11.9. The number of hydrogen-bond acceptors (Lipinski definition) is 3. The zero-order chi connectivity index (χ0) is 13.7. The molecule has 0 aromatic heterocycles. The maximum absolute atomic E-state index is 12.1. The van der Waals surface area contributed by atoms with Gasteiger partial charge in [0.1, 0.15) is 0 Å². The van der Waals surface area contributed by atoms with Crippen LogP contribution in [0, 0.1) is 0 Å². The summed E-state index contributed by atoms with van der Waals surface area (Å²) >= 11 is 7.58. The van der Waals surface area contributed by atoms with Gasteiger partial charge in [0, 0.05) is 11.8 Å². The Hall–Kier alpha value is -1.20. The van der Waals surface area contributed by atoms with Crippen molar-refractivity contribution in [2.45, 2.75) is 13.0 Å². The number of rotatable bonds is 5. The minimum atomic E-state index is -0.667.